The van der Waals surface area contributed by atoms with Gasteiger partial charge in [0, 0.05) is 23.5 Å². The van der Waals surface area contributed by atoms with Crippen LogP contribution in [0.25, 0.3) is 10.9 Å². The van der Waals surface area contributed by atoms with Gasteiger partial charge in [-0.1, -0.05) is 0 Å². The molecule has 1 unspecified atom stereocenters. The molecule has 5 nitrogen and oxygen atoms in total. The number of hydrogen-bond donors (Lipinski definition) is 2. The topological polar surface area (TPSA) is 91.9 Å². The normalized spacial score (nSPS) is 11.4. The molecule has 19 heavy (non-hydrogen) atoms. The largest absolute Gasteiger partial charge is 0.468 e. The number of benzene rings is 1. The summed E-state index contributed by atoms with van der Waals surface area (Å²) >= 11 is 0. The van der Waals surface area contributed by atoms with Gasteiger partial charge in [0.25, 0.3) is 0 Å². The third-order valence-corrected chi connectivity index (χ3v) is 2.84. The molecule has 0 saturated carbocycles. The summed E-state index contributed by atoms with van der Waals surface area (Å²) in [6.45, 7) is 0. The van der Waals surface area contributed by atoms with Crippen molar-refractivity contribution >= 4 is 29.3 Å². The van der Waals surface area contributed by atoms with Crippen LogP contribution < -0.4 is 5.73 Å². The van der Waals surface area contributed by atoms with Gasteiger partial charge in [-0.3, -0.25) is 4.79 Å². The number of ether oxygens (including phenoxy) is 1. The molecule has 0 amide bonds. The van der Waals surface area contributed by atoms with E-state index in [1.807, 2.05) is 6.07 Å². The molecule has 0 saturated heterocycles. The molecule has 0 spiro atoms. The van der Waals surface area contributed by atoms with Crippen LogP contribution in [0, 0.1) is 11.3 Å². The summed E-state index contributed by atoms with van der Waals surface area (Å²) in [4.78, 5) is 14.4. The zero-order valence-corrected chi connectivity index (χ0v) is 11.2. The molecule has 0 fully saturated rings. The molecule has 1 atom stereocenters. The van der Waals surface area contributed by atoms with Crippen molar-refractivity contribution in [2.45, 2.75) is 12.5 Å². The van der Waals surface area contributed by atoms with E-state index in [1.54, 1.807) is 18.3 Å². The van der Waals surface area contributed by atoms with Crippen LogP contribution in [0.3, 0.4) is 0 Å². The Morgan fingerprint density at radius 3 is 2.95 bits per heavy atom. The Morgan fingerprint density at radius 1 is 1.58 bits per heavy atom. The molecule has 1 aromatic heterocycles. The van der Waals surface area contributed by atoms with Gasteiger partial charge in [-0.2, -0.15) is 5.26 Å². The van der Waals surface area contributed by atoms with E-state index in [0.29, 0.717) is 12.0 Å². The average molecular weight is 280 g/mol. The second-order valence-corrected chi connectivity index (χ2v) is 4.02. The number of nitriles is 1. The third kappa shape index (κ3) is 3.05. The summed E-state index contributed by atoms with van der Waals surface area (Å²) < 4.78 is 4.59. The lowest BCUT2D eigenvalue weighted by Crippen LogP contribution is -2.33. The van der Waals surface area contributed by atoms with Gasteiger partial charge >= 0.3 is 5.97 Å². The number of fused-ring (bicyclic) bond motifs is 1. The number of carbonyl (C=O) groups excluding carboxylic acids is 1. The first-order valence-electron chi connectivity index (χ1n) is 5.49. The number of rotatable bonds is 3. The number of esters is 1. The number of nitrogens with one attached hydrogen (secondary N) is 1. The van der Waals surface area contributed by atoms with E-state index < -0.39 is 12.0 Å². The van der Waals surface area contributed by atoms with Gasteiger partial charge in [0.2, 0.25) is 0 Å². The van der Waals surface area contributed by atoms with Crippen molar-refractivity contribution in [2.24, 2.45) is 5.73 Å². The van der Waals surface area contributed by atoms with Gasteiger partial charge in [0.05, 0.1) is 18.7 Å². The summed E-state index contributed by atoms with van der Waals surface area (Å²) in [5.41, 5.74) is 8.13. The van der Waals surface area contributed by atoms with Crippen LogP contribution in [0.1, 0.15) is 11.1 Å². The van der Waals surface area contributed by atoms with Crippen molar-refractivity contribution in [3.63, 3.8) is 0 Å². The monoisotopic (exact) mass is 279 g/mol. The fraction of sp³-hybridized carbons (Fsp3) is 0.231. The molecule has 0 radical (unpaired) electrons. The standard InChI is InChI=1S/C13H13N3O2.ClH/c1-18-13(17)11(15)5-9-7-16-12-3-2-8(6-14)4-10(9)12;/h2-4,7,11,16H,5,15H2,1H3;1H. The Morgan fingerprint density at radius 2 is 2.32 bits per heavy atom. The minimum absolute atomic E-state index is 0. The summed E-state index contributed by atoms with van der Waals surface area (Å²) in [5.74, 6) is -0.444. The fourth-order valence-electron chi connectivity index (χ4n) is 1.89. The van der Waals surface area contributed by atoms with E-state index in [1.165, 1.54) is 7.11 Å². The van der Waals surface area contributed by atoms with Crippen molar-refractivity contribution < 1.29 is 9.53 Å². The Kier molecular flexibility index (Phi) is 4.93. The van der Waals surface area contributed by atoms with E-state index in [0.717, 1.165) is 16.5 Å². The maximum atomic E-state index is 11.3. The zero-order chi connectivity index (χ0) is 13.1. The molecule has 3 N–H and O–H groups in total. The average Bonchev–Trinajstić information content (AvgIpc) is 2.80. The molecule has 0 bridgehead atoms. The highest BCUT2D eigenvalue weighted by atomic mass is 35.5. The van der Waals surface area contributed by atoms with Gasteiger partial charge in [0.15, 0.2) is 0 Å². The molecule has 6 heteroatoms. The number of methoxy groups -OCH3 is 1. The van der Waals surface area contributed by atoms with Gasteiger partial charge in [0.1, 0.15) is 6.04 Å². The number of aromatic amines is 1. The van der Waals surface area contributed by atoms with Crippen molar-refractivity contribution in [1.29, 1.82) is 5.26 Å². The van der Waals surface area contributed by atoms with Gasteiger partial charge in [-0.05, 0) is 23.8 Å². The van der Waals surface area contributed by atoms with E-state index in [-0.39, 0.29) is 12.4 Å². The second-order valence-electron chi connectivity index (χ2n) is 4.02. The lowest BCUT2D eigenvalue weighted by molar-refractivity contribution is -0.142. The predicted molar refractivity (Wildman–Crippen MR) is 74.0 cm³/mol. The van der Waals surface area contributed by atoms with Crippen LogP contribution in [0.4, 0.5) is 0 Å². The Bertz CT molecular complexity index is 630. The maximum Gasteiger partial charge on any atom is 0.322 e. The summed E-state index contributed by atoms with van der Waals surface area (Å²) in [5, 5.41) is 9.79. The highest BCUT2D eigenvalue weighted by Crippen LogP contribution is 2.20. The smallest absolute Gasteiger partial charge is 0.322 e. The molecule has 100 valence electrons. The molecule has 2 rings (SSSR count). The van der Waals surface area contributed by atoms with Crippen molar-refractivity contribution in [1.82, 2.24) is 4.98 Å². The first-order valence-corrected chi connectivity index (χ1v) is 5.49. The number of H-pyrrole nitrogens is 1. The highest BCUT2D eigenvalue weighted by molar-refractivity contribution is 5.86. The minimum Gasteiger partial charge on any atom is -0.468 e. The number of nitrogens with two attached hydrogens (primary N) is 1. The van der Waals surface area contributed by atoms with Crippen LogP contribution in [-0.4, -0.2) is 24.1 Å². The van der Waals surface area contributed by atoms with E-state index in [4.69, 9.17) is 11.0 Å². The minimum atomic E-state index is -0.695. The first-order chi connectivity index (χ1) is 8.65. The molecular formula is C13H14ClN3O2. The molecule has 0 aliphatic heterocycles. The van der Waals surface area contributed by atoms with E-state index in [2.05, 4.69) is 15.8 Å². The second kappa shape index (κ2) is 6.23. The van der Waals surface area contributed by atoms with Gasteiger partial charge in [-0.15, -0.1) is 12.4 Å². The first kappa shape index (κ1) is 15.0. The van der Waals surface area contributed by atoms with Crippen LogP contribution in [-0.2, 0) is 16.0 Å². The molecular weight excluding hydrogens is 266 g/mol. The molecule has 1 aromatic carbocycles. The SMILES string of the molecule is COC(=O)C(N)Cc1c[nH]c2ccc(C#N)cc12.Cl. The van der Waals surface area contributed by atoms with Crippen LogP contribution in [0.2, 0.25) is 0 Å². The quantitative estimate of drug-likeness (QED) is 0.833. The Labute approximate surface area is 116 Å². The Hall–Kier alpha value is -2.03. The zero-order valence-electron chi connectivity index (χ0n) is 10.3. The number of halogens is 1. The molecule has 0 aliphatic carbocycles. The highest BCUT2D eigenvalue weighted by Gasteiger charge is 2.16. The van der Waals surface area contributed by atoms with E-state index >= 15 is 0 Å². The van der Waals surface area contributed by atoms with Crippen molar-refractivity contribution in [3.8, 4) is 6.07 Å². The summed E-state index contributed by atoms with van der Waals surface area (Å²) in [6.07, 6.45) is 2.18. The summed E-state index contributed by atoms with van der Waals surface area (Å²) in [6, 6.07) is 6.75. The van der Waals surface area contributed by atoms with E-state index in [9.17, 15) is 4.79 Å². The van der Waals surface area contributed by atoms with Crippen molar-refractivity contribution in [3.05, 3.63) is 35.5 Å². The summed E-state index contributed by atoms with van der Waals surface area (Å²) in [7, 11) is 1.31. The number of aromatic nitrogens is 1. The maximum absolute atomic E-state index is 11.3. The fourth-order valence-corrected chi connectivity index (χ4v) is 1.89. The third-order valence-electron chi connectivity index (χ3n) is 2.84. The molecule has 0 aliphatic rings. The number of hydrogen-bond acceptors (Lipinski definition) is 4. The number of nitrogens with zero attached hydrogens (tertiary/aromatic N) is 1. The molecule has 1 heterocycles. The van der Waals surface area contributed by atoms with Crippen LogP contribution in [0.5, 0.6) is 0 Å². The lowest BCUT2D eigenvalue weighted by atomic mass is 10.0. The van der Waals surface area contributed by atoms with Gasteiger partial charge in [-0.25, -0.2) is 0 Å². The predicted octanol–water partition coefficient (Wildman–Crippen LogP) is 1.50. The van der Waals surface area contributed by atoms with Gasteiger partial charge < -0.3 is 15.5 Å². The Balaban J connectivity index is 0.00000180. The molecule has 2 aromatic rings. The number of carbonyl (C=O) groups is 1. The lowest BCUT2D eigenvalue weighted by Gasteiger charge is -2.08. The van der Waals surface area contributed by atoms with Crippen LogP contribution >= 0.6 is 12.4 Å². The van der Waals surface area contributed by atoms with Crippen molar-refractivity contribution in [2.75, 3.05) is 7.11 Å². The van der Waals surface area contributed by atoms with Crippen LogP contribution in [0.15, 0.2) is 24.4 Å².